The van der Waals surface area contributed by atoms with Gasteiger partial charge < -0.3 is 20.5 Å². The fourth-order valence-corrected chi connectivity index (χ4v) is 1.27. The average Bonchev–Trinajstić information content (AvgIpc) is 2.15. The molecule has 0 bridgehead atoms. The topological polar surface area (TPSA) is 73.6 Å². The normalized spacial score (nSPS) is 9.53. The van der Waals surface area contributed by atoms with Crippen molar-refractivity contribution in [1.82, 2.24) is 0 Å². The Kier molecular flexibility index (Phi) is 3.38. The number of carbonyl (C=O) groups is 1. The number of carbonyl (C=O) groups excluding carboxylic acids is 1. The second-order valence-electron chi connectivity index (χ2n) is 2.99. The maximum absolute atomic E-state index is 10.9. The van der Waals surface area contributed by atoms with Crippen LogP contribution in [0.25, 0.3) is 0 Å². The molecule has 0 heterocycles. The van der Waals surface area contributed by atoms with Crippen molar-refractivity contribution in [2.45, 2.75) is 6.92 Å². The van der Waals surface area contributed by atoms with Crippen molar-refractivity contribution >= 4 is 17.3 Å². The molecule has 0 aliphatic carbocycles. The second-order valence-corrected chi connectivity index (χ2v) is 2.99. The molecule has 1 amide bonds. The maximum atomic E-state index is 10.9. The minimum Gasteiger partial charge on any atom is -0.493 e. The van der Waals surface area contributed by atoms with Gasteiger partial charge in [0.05, 0.1) is 19.9 Å². The monoisotopic (exact) mass is 210 g/mol. The summed E-state index contributed by atoms with van der Waals surface area (Å²) in [7, 11) is 3.01. The van der Waals surface area contributed by atoms with Gasteiger partial charge in [-0.2, -0.15) is 0 Å². The van der Waals surface area contributed by atoms with E-state index < -0.39 is 0 Å². The summed E-state index contributed by atoms with van der Waals surface area (Å²) in [4.78, 5) is 10.9. The van der Waals surface area contributed by atoms with Gasteiger partial charge in [0.15, 0.2) is 11.5 Å². The third kappa shape index (κ3) is 2.52. The van der Waals surface area contributed by atoms with Gasteiger partial charge in [0.2, 0.25) is 5.91 Å². The smallest absolute Gasteiger partial charge is 0.221 e. The summed E-state index contributed by atoms with van der Waals surface area (Å²) in [5.74, 6) is 0.754. The van der Waals surface area contributed by atoms with Gasteiger partial charge in [-0.25, -0.2) is 0 Å². The zero-order chi connectivity index (χ0) is 11.4. The van der Waals surface area contributed by atoms with E-state index >= 15 is 0 Å². The molecule has 82 valence electrons. The van der Waals surface area contributed by atoms with E-state index in [1.54, 1.807) is 12.1 Å². The summed E-state index contributed by atoms with van der Waals surface area (Å²) in [6.45, 7) is 1.41. The summed E-state index contributed by atoms with van der Waals surface area (Å²) in [5, 5.41) is 2.62. The van der Waals surface area contributed by atoms with Gasteiger partial charge in [-0.05, 0) is 6.07 Å². The van der Waals surface area contributed by atoms with Crippen molar-refractivity contribution in [2.75, 3.05) is 25.3 Å². The Hall–Kier alpha value is -1.91. The molecule has 0 unspecified atom stereocenters. The lowest BCUT2D eigenvalue weighted by molar-refractivity contribution is -0.114. The minimum absolute atomic E-state index is 0.194. The first-order chi connectivity index (χ1) is 7.08. The van der Waals surface area contributed by atoms with Crippen molar-refractivity contribution in [3.63, 3.8) is 0 Å². The van der Waals surface area contributed by atoms with Crippen LogP contribution >= 0.6 is 0 Å². The molecule has 5 nitrogen and oxygen atoms in total. The molecule has 0 aromatic heterocycles. The van der Waals surface area contributed by atoms with Crippen LogP contribution in [0.15, 0.2) is 12.1 Å². The van der Waals surface area contributed by atoms with E-state index in [4.69, 9.17) is 15.2 Å². The molecule has 3 N–H and O–H groups in total. The number of benzene rings is 1. The van der Waals surface area contributed by atoms with Gasteiger partial charge in [0.25, 0.3) is 0 Å². The SMILES string of the molecule is COc1cc(N)cc(NC(C)=O)c1OC. The van der Waals surface area contributed by atoms with Crippen LogP contribution in [0.1, 0.15) is 6.92 Å². The molecule has 0 aliphatic rings. The molecule has 1 rings (SSSR count). The second kappa shape index (κ2) is 4.54. The number of anilines is 2. The molecule has 1 aromatic carbocycles. The summed E-state index contributed by atoms with van der Waals surface area (Å²) >= 11 is 0. The third-order valence-corrected chi connectivity index (χ3v) is 1.81. The van der Waals surface area contributed by atoms with E-state index in [1.807, 2.05) is 0 Å². The predicted molar refractivity (Wildman–Crippen MR) is 58.3 cm³/mol. The van der Waals surface area contributed by atoms with Crippen LogP contribution in [0.2, 0.25) is 0 Å². The molecule has 0 spiro atoms. The number of methoxy groups -OCH3 is 2. The number of hydrogen-bond donors (Lipinski definition) is 2. The van der Waals surface area contributed by atoms with Crippen molar-refractivity contribution < 1.29 is 14.3 Å². The number of hydrogen-bond acceptors (Lipinski definition) is 4. The first-order valence-electron chi connectivity index (χ1n) is 4.37. The van der Waals surface area contributed by atoms with Crippen LogP contribution in [-0.4, -0.2) is 20.1 Å². The van der Waals surface area contributed by atoms with Gasteiger partial charge in [-0.1, -0.05) is 0 Å². The van der Waals surface area contributed by atoms with Gasteiger partial charge >= 0.3 is 0 Å². The molecular weight excluding hydrogens is 196 g/mol. The molecule has 0 aliphatic heterocycles. The lowest BCUT2D eigenvalue weighted by Crippen LogP contribution is -2.08. The van der Waals surface area contributed by atoms with E-state index in [0.717, 1.165) is 0 Å². The van der Waals surface area contributed by atoms with Crippen molar-refractivity contribution in [2.24, 2.45) is 0 Å². The van der Waals surface area contributed by atoms with Gasteiger partial charge in [-0.15, -0.1) is 0 Å². The number of nitrogens with one attached hydrogen (secondary N) is 1. The number of ether oxygens (including phenoxy) is 2. The summed E-state index contributed by atoms with van der Waals surface area (Å²) < 4.78 is 10.2. The van der Waals surface area contributed by atoms with E-state index in [0.29, 0.717) is 22.9 Å². The van der Waals surface area contributed by atoms with Crippen LogP contribution in [0, 0.1) is 0 Å². The molecule has 5 heteroatoms. The van der Waals surface area contributed by atoms with Crippen LogP contribution in [0.5, 0.6) is 11.5 Å². The highest BCUT2D eigenvalue weighted by Crippen LogP contribution is 2.37. The van der Waals surface area contributed by atoms with Crippen LogP contribution in [0.3, 0.4) is 0 Å². The summed E-state index contributed by atoms with van der Waals surface area (Å²) in [5.41, 5.74) is 6.65. The largest absolute Gasteiger partial charge is 0.493 e. The molecule has 0 saturated carbocycles. The Bertz CT molecular complexity index is 377. The van der Waals surface area contributed by atoms with E-state index in [1.165, 1.54) is 21.1 Å². The first-order valence-corrected chi connectivity index (χ1v) is 4.37. The molecule has 15 heavy (non-hydrogen) atoms. The first kappa shape index (κ1) is 11.2. The predicted octanol–water partition coefficient (Wildman–Crippen LogP) is 1.24. The van der Waals surface area contributed by atoms with Gasteiger partial charge in [0.1, 0.15) is 0 Å². The molecule has 0 atom stereocenters. The molecule has 0 radical (unpaired) electrons. The fourth-order valence-electron chi connectivity index (χ4n) is 1.27. The van der Waals surface area contributed by atoms with Gasteiger partial charge in [0, 0.05) is 18.7 Å². The lowest BCUT2D eigenvalue weighted by Gasteiger charge is -2.13. The molecule has 0 saturated heterocycles. The van der Waals surface area contributed by atoms with Crippen molar-refractivity contribution in [3.8, 4) is 11.5 Å². The molecular formula is C10H14N2O3. The average molecular weight is 210 g/mol. The Balaban J connectivity index is 3.22. The number of nitrogen functional groups attached to an aromatic ring is 1. The standard InChI is InChI=1S/C10H14N2O3/c1-6(13)12-8-4-7(11)5-9(14-2)10(8)15-3/h4-5H,11H2,1-3H3,(H,12,13). The molecule has 1 aromatic rings. The van der Waals surface area contributed by atoms with E-state index in [9.17, 15) is 4.79 Å². The lowest BCUT2D eigenvalue weighted by atomic mass is 10.2. The molecule has 0 fully saturated rings. The highest BCUT2D eigenvalue weighted by atomic mass is 16.5. The van der Waals surface area contributed by atoms with Crippen molar-refractivity contribution in [1.29, 1.82) is 0 Å². The van der Waals surface area contributed by atoms with Crippen LogP contribution in [-0.2, 0) is 4.79 Å². The zero-order valence-corrected chi connectivity index (χ0v) is 8.96. The van der Waals surface area contributed by atoms with E-state index in [-0.39, 0.29) is 5.91 Å². The fraction of sp³-hybridized carbons (Fsp3) is 0.300. The summed E-state index contributed by atoms with van der Waals surface area (Å²) in [6, 6.07) is 3.24. The maximum Gasteiger partial charge on any atom is 0.221 e. The number of amides is 1. The Morgan fingerprint density at radius 1 is 1.33 bits per heavy atom. The third-order valence-electron chi connectivity index (χ3n) is 1.81. The quantitative estimate of drug-likeness (QED) is 0.736. The Morgan fingerprint density at radius 2 is 2.00 bits per heavy atom. The Morgan fingerprint density at radius 3 is 2.47 bits per heavy atom. The highest BCUT2D eigenvalue weighted by Gasteiger charge is 2.12. The zero-order valence-electron chi connectivity index (χ0n) is 8.96. The number of rotatable bonds is 3. The highest BCUT2D eigenvalue weighted by molar-refractivity contribution is 5.92. The minimum atomic E-state index is -0.194. The van der Waals surface area contributed by atoms with Crippen LogP contribution in [0.4, 0.5) is 11.4 Å². The van der Waals surface area contributed by atoms with Crippen LogP contribution < -0.4 is 20.5 Å². The Labute approximate surface area is 88.2 Å². The number of nitrogens with two attached hydrogens (primary N) is 1. The van der Waals surface area contributed by atoms with E-state index in [2.05, 4.69) is 5.32 Å². The van der Waals surface area contributed by atoms with Crippen molar-refractivity contribution in [3.05, 3.63) is 12.1 Å². The summed E-state index contributed by atoms with van der Waals surface area (Å²) in [6.07, 6.45) is 0. The van der Waals surface area contributed by atoms with Gasteiger partial charge in [-0.3, -0.25) is 4.79 Å².